The standard InChI is InChI=1S/C22H30N4S/c1-2-11-24-16-7-5-15(6-8-16)19-14-25-20-13-17(9-10-18(19)20)26-22(23)21-4-3-12-27-21/h3-4,9-10,12-13,15-16,19,24-25H,2,5-8,11,14H2,1H3,(H2,23,26)/t15-,16+,19?. The number of benzene rings is 1. The van der Waals surface area contributed by atoms with Crippen molar-refractivity contribution < 1.29 is 0 Å². The molecule has 4 nitrogen and oxygen atoms in total. The van der Waals surface area contributed by atoms with E-state index in [0.29, 0.717) is 11.8 Å². The van der Waals surface area contributed by atoms with Crippen molar-refractivity contribution in [3.05, 3.63) is 46.2 Å². The molecule has 1 aromatic heterocycles. The summed E-state index contributed by atoms with van der Waals surface area (Å²) in [5.74, 6) is 1.90. The van der Waals surface area contributed by atoms with Gasteiger partial charge < -0.3 is 16.0 Å². The highest BCUT2D eigenvalue weighted by atomic mass is 32.1. The van der Waals surface area contributed by atoms with E-state index in [-0.39, 0.29) is 0 Å². The van der Waals surface area contributed by atoms with Gasteiger partial charge in [0, 0.05) is 29.9 Å². The lowest BCUT2D eigenvalue weighted by Crippen LogP contribution is -2.35. The smallest absolute Gasteiger partial charge is 0.140 e. The summed E-state index contributed by atoms with van der Waals surface area (Å²) < 4.78 is 0. The van der Waals surface area contributed by atoms with Gasteiger partial charge in [-0.3, -0.25) is 5.41 Å². The van der Waals surface area contributed by atoms with Gasteiger partial charge in [-0.2, -0.15) is 0 Å². The monoisotopic (exact) mass is 382 g/mol. The Bertz CT molecular complexity index is 763. The van der Waals surface area contributed by atoms with Crippen LogP contribution < -0.4 is 16.0 Å². The second-order valence-electron chi connectivity index (χ2n) is 7.83. The number of thiophene rings is 1. The quantitative estimate of drug-likeness (QED) is 0.407. The van der Waals surface area contributed by atoms with Crippen molar-refractivity contribution in [2.24, 2.45) is 5.92 Å². The zero-order chi connectivity index (χ0) is 18.6. The number of rotatable bonds is 6. The fourth-order valence-corrected chi connectivity index (χ4v) is 5.19. The zero-order valence-electron chi connectivity index (χ0n) is 16.1. The van der Waals surface area contributed by atoms with E-state index in [4.69, 9.17) is 5.41 Å². The molecule has 144 valence electrons. The van der Waals surface area contributed by atoms with Crippen molar-refractivity contribution in [1.29, 1.82) is 5.41 Å². The number of hydrogen-bond acceptors (Lipinski definition) is 4. The van der Waals surface area contributed by atoms with Gasteiger partial charge in [-0.25, -0.2) is 0 Å². The molecule has 1 unspecified atom stereocenters. The second-order valence-corrected chi connectivity index (χ2v) is 8.78. The maximum atomic E-state index is 8.22. The Morgan fingerprint density at radius 3 is 2.81 bits per heavy atom. The van der Waals surface area contributed by atoms with E-state index in [1.165, 1.54) is 43.4 Å². The normalized spacial score (nSPS) is 24.3. The van der Waals surface area contributed by atoms with Gasteiger partial charge in [-0.15, -0.1) is 11.3 Å². The van der Waals surface area contributed by atoms with Crippen molar-refractivity contribution in [3.8, 4) is 0 Å². The van der Waals surface area contributed by atoms with Crippen LogP contribution in [0.4, 0.5) is 11.4 Å². The van der Waals surface area contributed by atoms with Crippen molar-refractivity contribution >= 4 is 28.5 Å². The highest BCUT2D eigenvalue weighted by Crippen LogP contribution is 2.43. The number of hydrogen-bond donors (Lipinski definition) is 4. The van der Waals surface area contributed by atoms with Crippen LogP contribution in [0.25, 0.3) is 0 Å². The van der Waals surface area contributed by atoms with Gasteiger partial charge in [-0.1, -0.05) is 19.1 Å². The summed E-state index contributed by atoms with van der Waals surface area (Å²) in [6, 6.07) is 11.3. The van der Waals surface area contributed by atoms with Crippen molar-refractivity contribution in [3.63, 3.8) is 0 Å². The fourth-order valence-electron chi connectivity index (χ4n) is 4.56. The number of nitrogens with one attached hydrogen (secondary N) is 4. The molecule has 5 heteroatoms. The molecule has 0 radical (unpaired) electrons. The van der Waals surface area contributed by atoms with Gasteiger partial charge >= 0.3 is 0 Å². The first kappa shape index (κ1) is 18.5. The lowest BCUT2D eigenvalue weighted by atomic mass is 9.76. The van der Waals surface area contributed by atoms with Crippen LogP contribution in [0.15, 0.2) is 35.7 Å². The van der Waals surface area contributed by atoms with E-state index in [2.05, 4.69) is 41.1 Å². The van der Waals surface area contributed by atoms with Crippen LogP contribution in [-0.4, -0.2) is 25.0 Å². The first-order valence-electron chi connectivity index (χ1n) is 10.2. The molecule has 1 fully saturated rings. The molecular formula is C22H30N4S. The lowest BCUT2D eigenvalue weighted by Gasteiger charge is -2.32. The third-order valence-electron chi connectivity index (χ3n) is 6.03. The van der Waals surface area contributed by atoms with E-state index in [0.717, 1.165) is 35.6 Å². The first-order valence-corrected chi connectivity index (χ1v) is 11.1. The van der Waals surface area contributed by atoms with Gasteiger partial charge in [0.15, 0.2) is 0 Å². The summed E-state index contributed by atoms with van der Waals surface area (Å²) in [6.45, 7) is 4.45. The molecule has 2 aliphatic rings. The Labute approximate surface area is 166 Å². The minimum atomic E-state index is 0.470. The van der Waals surface area contributed by atoms with Crippen molar-refractivity contribution in [2.75, 3.05) is 23.7 Å². The lowest BCUT2D eigenvalue weighted by molar-refractivity contribution is 0.265. The zero-order valence-corrected chi connectivity index (χ0v) is 16.9. The summed E-state index contributed by atoms with van der Waals surface area (Å²) in [5, 5.41) is 20.8. The summed E-state index contributed by atoms with van der Waals surface area (Å²) in [5.41, 5.74) is 3.70. The third kappa shape index (κ3) is 4.19. The Hall–Kier alpha value is -1.85. The average molecular weight is 383 g/mol. The Balaban J connectivity index is 1.38. The minimum absolute atomic E-state index is 0.470. The third-order valence-corrected chi connectivity index (χ3v) is 6.91. The Kier molecular flexibility index (Phi) is 5.79. The van der Waals surface area contributed by atoms with E-state index < -0.39 is 0 Å². The summed E-state index contributed by atoms with van der Waals surface area (Å²) in [6.07, 6.45) is 6.51. The van der Waals surface area contributed by atoms with E-state index >= 15 is 0 Å². The molecule has 0 amide bonds. The molecule has 1 aliphatic carbocycles. The molecule has 1 saturated carbocycles. The van der Waals surface area contributed by atoms with Gasteiger partial charge in [-0.05, 0) is 73.7 Å². The number of anilines is 2. The van der Waals surface area contributed by atoms with Crippen LogP contribution in [0.5, 0.6) is 0 Å². The van der Waals surface area contributed by atoms with Crippen LogP contribution in [0.2, 0.25) is 0 Å². The minimum Gasteiger partial charge on any atom is -0.384 e. The van der Waals surface area contributed by atoms with Gasteiger partial charge in [0.05, 0.1) is 4.88 Å². The predicted molar refractivity (Wildman–Crippen MR) is 116 cm³/mol. The van der Waals surface area contributed by atoms with E-state index in [1.54, 1.807) is 11.3 Å². The van der Waals surface area contributed by atoms with Gasteiger partial charge in [0.25, 0.3) is 0 Å². The molecule has 0 saturated heterocycles. The van der Waals surface area contributed by atoms with Crippen molar-refractivity contribution in [1.82, 2.24) is 5.32 Å². The Morgan fingerprint density at radius 2 is 2.07 bits per heavy atom. The molecule has 1 atom stereocenters. The number of fused-ring (bicyclic) bond motifs is 1. The first-order chi connectivity index (χ1) is 13.2. The van der Waals surface area contributed by atoms with E-state index in [1.807, 2.05) is 17.5 Å². The largest absolute Gasteiger partial charge is 0.384 e. The van der Waals surface area contributed by atoms with Crippen LogP contribution in [0.3, 0.4) is 0 Å². The number of amidine groups is 1. The molecular weight excluding hydrogens is 352 g/mol. The van der Waals surface area contributed by atoms with Gasteiger partial charge in [0.1, 0.15) is 5.84 Å². The topological polar surface area (TPSA) is 59.9 Å². The maximum absolute atomic E-state index is 8.22. The van der Waals surface area contributed by atoms with Gasteiger partial charge in [0.2, 0.25) is 0 Å². The average Bonchev–Trinajstić information content (AvgIpc) is 3.36. The molecule has 0 bridgehead atoms. The SMILES string of the molecule is CCCN[C@H]1CC[C@@H](C2CNc3cc(NC(=N)c4cccs4)ccc32)CC1. The molecule has 27 heavy (non-hydrogen) atoms. The van der Waals surface area contributed by atoms with Crippen molar-refractivity contribution in [2.45, 2.75) is 51.0 Å². The second kappa shape index (κ2) is 8.44. The molecule has 2 heterocycles. The molecule has 4 rings (SSSR count). The molecule has 4 N–H and O–H groups in total. The van der Waals surface area contributed by atoms with E-state index in [9.17, 15) is 0 Å². The van der Waals surface area contributed by atoms with Crippen LogP contribution in [0.1, 0.15) is 55.4 Å². The van der Waals surface area contributed by atoms with Crippen LogP contribution >= 0.6 is 11.3 Å². The molecule has 1 aliphatic heterocycles. The summed E-state index contributed by atoms with van der Waals surface area (Å²) in [4.78, 5) is 0.967. The summed E-state index contributed by atoms with van der Waals surface area (Å²) >= 11 is 1.59. The molecule has 1 aromatic carbocycles. The maximum Gasteiger partial charge on any atom is 0.140 e. The highest BCUT2D eigenvalue weighted by Gasteiger charge is 2.32. The Morgan fingerprint density at radius 1 is 1.22 bits per heavy atom. The predicted octanol–water partition coefficient (Wildman–Crippen LogP) is 5.25. The molecule has 0 spiro atoms. The highest BCUT2D eigenvalue weighted by molar-refractivity contribution is 7.12. The van der Waals surface area contributed by atoms with Crippen LogP contribution in [0, 0.1) is 11.3 Å². The van der Waals surface area contributed by atoms with Crippen LogP contribution in [-0.2, 0) is 0 Å². The fraction of sp³-hybridized carbons (Fsp3) is 0.500. The molecule has 2 aromatic rings. The summed E-state index contributed by atoms with van der Waals surface area (Å²) in [7, 11) is 0.